The van der Waals surface area contributed by atoms with Gasteiger partial charge in [0.15, 0.2) is 18.1 Å². The topological polar surface area (TPSA) is 93.1 Å². The summed E-state index contributed by atoms with van der Waals surface area (Å²) in [5.41, 5.74) is 5.35. The van der Waals surface area contributed by atoms with Gasteiger partial charge >= 0.3 is 0 Å². The molecular formula is C27H30N4O4. The van der Waals surface area contributed by atoms with Crippen LogP contribution < -0.4 is 14.9 Å². The molecule has 1 N–H and O–H groups in total. The highest BCUT2D eigenvalue weighted by Gasteiger charge is 2.18. The molecule has 4 rings (SSSR count). The molecule has 2 amide bonds. The summed E-state index contributed by atoms with van der Waals surface area (Å²) in [4.78, 5) is 31.5. The van der Waals surface area contributed by atoms with E-state index in [-0.39, 0.29) is 18.4 Å². The van der Waals surface area contributed by atoms with Crippen molar-refractivity contribution in [3.8, 4) is 11.5 Å². The van der Waals surface area contributed by atoms with Crippen molar-refractivity contribution >= 4 is 28.9 Å². The van der Waals surface area contributed by atoms with E-state index in [2.05, 4.69) is 15.5 Å². The highest BCUT2D eigenvalue weighted by Crippen LogP contribution is 2.28. The Morgan fingerprint density at radius 3 is 2.66 bits per heavy atom. The number of aryl methyl sites for hydroxylation is 1. The standard InChI is InChI=1S/C27H30N4O4/c1-3-34-25-16-20(11-12-24(25)35-18-26(32)31-13-7-4-8-14-31)17-28-30-27(33)22-15-19(2)29-23-10-6-5-9-21(22)23/h5-6,9-12,15-17H,3-4,7-8,13-14,18H2,1-2H3,(H,30,33)/b28-17-. The van der Waals surface area contributed by atoms with E-state index in [9.17, 15) is 9.59 Å². The zero-order valence-electron chi connectivity index (χ0n) is 20.1. The minimum Gasteiger partial charge on any atom is -0.490 e. The summed E-state index contributed by atoms with van der Waals surface area (Å²) in [7, 11) is 0. The molecule has 0 radical (unpaired) electrons. The Kier molecular flexibility index (Phi) is 7.92. The van der Waals surface area contributed by atoms with Crippen molar-refractivity contribution in [3.63, 3.8) is 0 Å². The van der Waals surface area contributed by atoms with Crippen molar-refractivity contribution in [2.24, 2.45) is 5.10 Å². The van der Waals surface area contributed by atoms with Crippen LogP contribution in [0.3, 0.4) is 0 Å². The summed E-state index contributed by atoms with van der Waals surface area (Å²) in [6.45, 7) is 5.73. The minimum absolute atomic E-state index is 0.0145. The molecule has 1 aliphatic heterocycles. The lowest BCUT2D eigenvalue weighted by atomic mass is 10.1. The maximum atomic E-state index is 12.8. The van der Waals surface area contributed by atoms with Gasteiger partial charge < -0.3 is 14.4 Å². The Morgan fingerprint density at radius 2 is 1.86 bits per heavy atom. The number of ether oxygens (including phenoxy) is 2. The third-order valence-electron chi connectivity index (χ3n) is 5.80. The average Bonchev–Trinajstić information content (AvgIpc) is 2.88. The van der Waals surface area contributed by atoms with Crippen LogP contribution in [0, 0.1) is 6.92 Å². The first kappa shape index (κ1) is 24.2. The minimum atomic E-state index is -0.316. The number of hydrazone groups is 1. The zero-order chi connectivity index (χ0) is 24.6. The van der Waals surface area contributed by atoms with Crippen molar-refractivity contribution in [1.82, 2.24) is 15.3 Å². The van der Waals surface area contributed by atoms with Crippen molar-refractivity contribution in [1.29, 1.82) is 0 Å². The van der Waals surface area contributed by atoms with Crippen LogP contribution in [0.1, 0.15) is 47.8 Å². The van der Waals surface area contributed by atoms with Crippen LogP contribution in [0.15, 0.2) is 53.6 Å². The van der Waals surface area contributed by atoms with Crippen molar-refractivity contribution in [2.45, 2.75) is 33.1 Å². The van der Waals surface area contributed by atoms with Crippen LogP contribution in [0.4, 0.5) is 0 Å². The van der Waals surface area contributed by atoms with Gasteiger partial charge in [-0.3, -0.25) is 14.6 Å². The van der Waals surface area contributed by atoms with Gasteiger partial charge in [-0.2, -0.15) is 5.10 Å². The predicted octanol–water partition coefficient (Wildman–Crippen LogP) is 4.10. The SMILES string of the molecule is CCOc1cc(/C=N\NC(=O)c2cc(C)nc3ccccc23)ccc1OCC(=O)N1CCCCC1. The molecule has 0 unspecified atom stereocenters. The second-order valence-electron chi connectivity index (χ2n) is 8.40. The van der Waals surface area contributed by atoms with E-state index in [4.69, 9.17) is 9.47 Å². The van der Waals surface area contributed by atoms with Gasteiger partial charge in [0, 0.05) is 24.2 Å². The third kappa shape index (κ3) is 6.15. The molecule has 0 bridgehead atoms. The number of para-hydroxylation sites is 1. The second kappa shape index (κ2) is 11.5. The number of pyridine rings is 1. The molecule has 3 aromatic rings. The van der Waals surface area contributed by atoms with Gasteiger partial charge in [0.1, 0.15) is 0 Å². The third-order valence-corrected chi connectivity index (χ3v) is 5.80. The number of hydrogen-bond acceptors (Lipinski definition) is 6. The van der Waals surface area contributed by atoms with Gasteiger partial charge in [0.2, 0.25) is 0 Å². The number of carbonyl (C=O) groups is 2. The number of hydrogen-bond donors (Lipinski definition) is 1. The van der Waals surface area contributed by atoms with Gasteiger partial charge in [-0.25, -0.2) is 5.43 Å². The fourth-order valence-corrected chi connectivity index (χ4v) is 4.09. The lowest BCUT2D eigenvalue weighted by Crippen LogP contribution is -2.38. The number of amides is 2. The molecule has 182 valence electrons. The predicted molar refractivity (Wildman–Crippen MR) is 135 cm³/mol. The number of rotatable bonds is 8. The number of carbonyl (C=O) groups excluding carboxylic acids is 2. The van der Waals surface area contributed by atoms with Gasteiger partial charge in [-0.15, -0.1) is 0 Å². The van der Waals surface area contributed by atoms with Crippen LogP contribution in [0.25, 0.3) is 10.9 Å². The normalized spacial score (nSPS) is 13.7. The summed E-state index contributed by atoms with van der Waals surface area (Å²) < 4.78 is 11.5. The Balaban J connectivity index is 1.42. The van der Waals surface area contributed by atoms with Crippen molar-refractivity contribution in [2.75, 3.05) is 26.3 Å². The lowest BCUT2D eigenvalue weighted by Gasteiger charge is -2.26. The molecule has 0 atom stereocenters. The Hall–Kier alpha value is -3.94. The first-order valence-electron chi connectivity index (χ1n) is 11.9. The van der Waals surface area contributed by atoms with Crippen LogP contribution in [0.2, 0.25) is 0 Å². The molecule has 8 nitrogen and oxygen atoms in total. The van der Waals surface area contributed by atoms with Gasteiger partial charge in [-0.05, 0) is 69.0 Å². The first-order chi connectivity index (χ1) is 17.0. The maximum Gasteiger partial charge on any atom is 0.272 e. The molecular weight excluding hydrogens is 444 g/mol. The van der Waals surface area contributed by atoms with E-state index in [1.165, 1.54) is 6.42 Å². The highest BCUT2D eigenvalue weighted by molar-refractivity contribution is 6.06. The van der Waals surface area contributed by atoms with Crippen LogP contribution in [-0.2, 0) is 4.79 Å². The molecule has 2 heterocycles. The molecule has 1 aromatic heterocycles. The summed E-state index contributed by atoms with van der Waals surface area (Å²) in [6.07, 6.45) is 4.79. The van der Waals surface area contributed by atoms with Crippen LogP contribution in [-0.4, -0.2) is 54.2 Å². The number of nitrogens with zero attached hydrogens (tertiary/aromatic N) is 3. The monoisotopic (exact) mass is 474 g/mol. The Morgan fingerprint density at radius 1 is 1.06 bits per heavy atom. The quantitative estimate of drug-likeness (QED) is 0.392. The molecule has 35 heavy (non-hydrogen) atoms. The number of aromatic nitrogens is 1. The highest BCUT2D eigenvalue weighted by atomic mass is 16.5. The summed E-state index contributed by atoms with van der Waals surface area (Å²) in [6, 6.07) is 14.6. The van der Waals surface area contributed by atoms with E-state index >= 15 is 0 Å². The number of piperidine rings is 1. The van der Waals surface area contributed by atoms with E-state index in [0.717, 1.165) is 48.1 Å². The number of likely N-dealkylation sites (tertiary alicyclic amines) is 1. The molecule has 0 aliphatic carbocycles. The Labute approximate surface area is 204 Å². The summed E-state index contributed by atoms with van der Waals surface area (Å²) >= 11 is 0. The van der Waals surface area contributed by atoms with Gasteiger partial charge in [-0.1, -0.05) is 18.2 Å². The molecule has 0 saturated carbocycles. The average molecular weight is 475 g/mol. The molecule has 2 aromatic carbocycles. The van der Waals surface area contributed by atoms with E-state index in [1.807, 2.05) is 43.0 Å². The lowest BCUT2D eigenvalue weighted by molar-refractivity contribution is -0.134. The molecule has 1 saturated heterocycles. The Bertz CT molecular complexity index is 1240. The smallest absolute Gasteiger partial charge is 0.272 e. The zero-order valence-corrected chi connectivity index (χ0v) is 20.1. The molecule has 0 spiro atoms. The summed E-state index contributed by atoms with van der Waals surface area (Å²) in [5, 5.41) is 4.89. The van der Waals surface area contributed by atoms with Crippen molar-refractivity contribution in [3.05, 3.63) is 65.4 Å². The van der Waals surface area contributed by atoms with Gasteiger partial charge in [0.25, 0.3) is 11.8 Å². The molecule has 8 heteroatoms. The molecule has 1 aliphatic rings. The molecule has 1 fully saturated rings. The maximum absolute atomic E-state index is 12.8. The number of nitrogens with one attached hydrogen (secondary N) is 1. The second-order valence-corrected chi connectivity index (χ2v) is 8.40. The van der Waals surface area contributed by atoms with E-state index in [0.29, 0.717) is 23.7 Å². The fraction of sp³-hybridized carbons (Fsp3) is 0.333. The fourth-order valence-electron chi connectivity index (χ4n) is 4.09. The van der Waals surface area contributed by atoms with Crippen molar-refractivity contribution < 1.29 is 19.1 Å². The van der Waals surface area contributed by atoms with Crippen LogP contribution >= 0.6 is 0 Å². The first-order valence-corrected chi connectivity index (χ1v) is 11.9. The summed E-state index contributed by atoms with van der Waals surface area (Å²) in [5.74, 6) is 0.686. The van der Waals surface area contributed by atoms with E-state index < -0.39 is 0 Å². The number of benzene rings is 2. The number of fused-ring (bicyclic) bond motifs is 1. The van der Waals surface area contributed by atoms with Crippen LogP contribution in [0.5, 0.6) is 11.5 Å². The van der Waals surface area contributed by atoms with Gasteiger partial charge in [0.05, 0.1) is 23.9 Å². The largest absolute Gasteiger partial charge is 0.490 e. The van der Waals surface area contributed by atoms with E-state index in [1.54, 1.807) is 30.5 Å².